The molecule has 0 aromatic carbocycles. The van der Waals surface area contributed by atoms with Gasteiger partial charge in [0.25, 0.3) is 10.1 Å². The number of carboxylic acid groups (broad SMARTS) is 2. The van der Waals surface area contributed by atoms with Crippen molar-refractivity contribution in [3.8, 4) is 0 Å². The smallest absolute Gasteiger partial charge is 0.550 e. The summed E-state index contributed by atoms with van der Waals surface area (Å²) in [5, 5.41) is 22.0. The summed E-state index contributed by atoms with van der Waals surface area (Å²) in [5.74, 6) is -3.96. The monoisotopic (exact) mass is 466 g/mol. The van der Waals surface area contributed by atoms with Crippen molar-refractivity contribution in [2.24, 2.45) is 0 Å². The molecule has 0 aliphatic rings. The minimum Gasteiger partial charge on any atom is -0.550 e. The van der Waals surface area contributed by atoms with Gasteiger partial charge < -0.3 is 19.8 Å². The predicted molar refractivity (Wildman–Crippen MR) is 104 cm³/mol. The van der Waals surface area contributed by atoms with E-state index in [0.29, 0.717) is 6.42 Å². The third-order valence-electron chi connectivity index (χ3n) is 5.23. The predicted octanol–water partition coefficient (Wildman–Crippen LogP) is -3.62. The fraction of sp³-hybridized carbons (Fsp3) is 0.900. The molecule has 0 saturated carbocycles. The van der Waals surface area contributed by atoms with E-state index in [1.165, 1.54) is 51.4 Å². The Kier molecular flexibility index (Phi) is 24.2. The maximum Gasteiger partial charge on any atom is 1.00 e. The minimum absolute atomic E-state index is 0. The van der Waals surface area contributed by atoms with Gasteiger partial charge in [0, 0.05) is 12.4 Å². The molecule has 7 nitrogen and oxygen atoms in total. The summed E-state index contributed by atoms with van der Waals surface area (Å²) in [6.45, 7) is 2.21. The van der Waals surface area contributed by atoms with E-state index in [9.17, 15) is 32.8 Å². The van der Waals surface area contributed by atoms with E-state index in [1.807, 2.05) is 0 Å². The maximum absolute atomic E-state index is 11.4. The number of carboxylic acids is 2. The number of carbonyl (C=O) groups excluding carboxylic acids is 2. The van der Waals surface area contributed by atoms with Crippen molar-refractivity contribution in [1.29, 1.82) is 0 Å². The van der Waals surface area contributed by atoms with Crippen LogP contribution in [0.15, 0.2) is 0 Å². The Hall–Kier alpha value is 0.850. The van der Waals surface area contributed by atoms with Gasteiger partial charge in [0.15, 0.2) is 0 Å². The van der Waals surface area contributed by atoms with Crippen LogP contribution in [0.25, 0.3) is 0 Å². The summed E-state index contributed by atoms with van der Waals surface area (Å²) < 4.78 is 29.3. The molecule has 0 heterocycles. The van der Waals surface area contributed by atoms with Crippen LogP contribution in [0.3, 0.4) is 0 Å². The summed E-state index contributed by atoms with van der Waals surface area (Å²) in [6.07, 6.45) is 13.2. The SMILES string of the molecule is CCCCCCCCCCCCCCCCC(CC(=O)[O-])(C(=O)[O-])S(=O)(=O)O.[Na+].[Na+]. The van der Waals surface area contributed by atoms with Gasteiger partial charge in [-0.2, -0.15) is 8.42 Å². The van der Waals surface area contributed by atoms with E-state index in [1.54, 1.807) is 0 Å². The summed E-state index contributed by atoms with van der Waals surface area (Å²) in [5.41, 5.74) is 0. The van der Waals surface area contributed by atoms with E-state index >= 15 is 0 Å². The normalized spacial score (nSPS) is 13.0. The molecule has 0 aromatic heterocycles. The Morgan fingerprint density at radius 1 is 0.733 bits per heavy atom. The molecule has 1 N–H and O–H groups in total. The molecule has 0 rings (SSSR count). The number of hydrogen-bond acceptors (Lipinski definition) is 6. The molecular formula is C20H36Na2O7S. The molecule has 1 atom stereocenters. The molecule has 0 aromatic rings. The van der Waals surface area contributed by atoms with Crippen LogP contribution in [0.1, 0.15) is 110 Å². The number of hydrogen-bond donors (Lipinski definition) is 1. The topological polar surface area (TPSA) is 135 Å². The van der Waals surface area contributed by atoms with Crippen molar-refractivity contribution in [2.75, 3.05) is 0 Å². The summed E-state index contributed by atoms with van der Waals surface area (Å²) in [4.78, 5) is 22.0. The quantitative estimate of drug-likeness (QED) is 0.118. The van der Waals surface area contributed by atoms with Crippen molar-refractivity contribution >= 4 is 22.1 Å². The van der Waals surface area contributed by atoms with Crippen LogP contribution >= 0.6 is 0 Å². The molecule has 0 aliphatic heterocycles. The molecule has 0 amide bonds. The first-order valence-electron chi connectivity index (χ1n) is 10.6. The van der Waals surface area contributed by atoms with E-state index in [4.69, 9.17) is 0 Å². The maximum atomic E-state index is 11.4. The number of unbranched alkanes of at least 4 members (excludes halogenated alkanes) is 13. The molecule has 30 heavy (non-hydrogen) atoms. The molecular weight excluding hydrogens is 430 g/mol. The van der Waals surface area contributed by atoms with Gasteiger partial charge in [-0.05, 0) is 6.42 Å². The fourth-order valence-corrected chi connectivity index (χ4v) is 4.34. The molecule has 166 valence electrons. The fourth-order valence-electron chi connectivity index (χ4n) is 3.43. The number of carbonyl (C=O) groups is 2. The Bertz CT molecular complexity index is 555. The number of aliphatic carboxylic acids is 2. The van der Waals surface area contributed by atoms with Crippen molar-refractivity contribution in [3.05, 3.63) is 0 Å². The van der Waals surface area contributed by atoms with E-state index < -0.39 is 39.6 Å². The zero-order chi connectivity index (χ0) is 21.5. The Morgan fingerprint density at radius 2 is 1.07 bits per heavy atom. The average Bonchev–Trinajstić information content (AvgIpc) is 2.59. The molecule has 10 heteroatoms. The van der Waals surface area contributed by atoms with Gasteiger partial charge in [0.1, 0.15) is 4.75 Å². The first-order valence-corrected chi connectivity index (χ1v) is 12.0. The van der Waals surface area contributed by atoms with Gasteiger partial charge >= 0.3 is 59.1 Å². The van der Waals surface area contributed by atoms with Crippen LogP contribution in [-0.2, 0) is 19.7 Å². The van der Waals surface area contributed by atoms with Crippen LogP contribution in [0.5, 0.6) is 0 Å². The summed E-state index contributed by atoms with van der Waals surface area (Å²) in [7, 11) is -5.12. The molecule has 0 aliphatic carbocycles. The van der Waals surface area contributed by atoms with Crippen molar-refractivity contribution in [2.45, 2.75) is 114 Å². The molecule has 0 bridgehead atoms. The zero-order valence-electron chi connectivity index (χ0n) is 19.1. The molecule has 0 radical (unpaired) electrons. The van der Waals surface area contributed by atoms with E-state index in [-0.39, 0.29) is 65.5 Å². The number of rotatable bonds is 19. The summed E-state index contributed by atoms with van der Waals surface area (Å²) in [6, 6.07) is 0. The molecule has 0 fully saturated rings. The van der Waals surface area contributed by atoms with Gasteiger partial charge in [-0.3, -0.25) is 4.55 Å². The Morgan fingerprint density at radius 3 is 1.33 bits per heavy atom. The second kappa shape index (κ2) is 20.5. The van der Waals surface area contributed by atoms with Crippen molar-refractivity contribution < 1.29 is 91.9 Å². The van der Waals surface area contributed by atoms with Gasteiger partial charge in [-0.15, -0.1) is 0 Å². The standard InChI is InChI=1S/C20H38O7S.2Na/c1-2-3-4-5-6-7-8-9-10-11-12-13-14-15-16-20(19(23)24,17-18(21)22)28(25,26)27;;/h2-17H2,1H3,(H,21,22)(H,23,24)(H,25,26,27);;/q;2*+1/p-2. The van der Waals surface area contributed by atoms with E-state index in [0.717, 1.165) is 25.7 Å². The van der Waals surface area contributed by atoms with Gasteiger partial charge in [-0.1, -0.05) is 96.8 Å². The van der Waals surface area contributed by atoms with Crippen LogP contribution in [0.4, 0.5) is 0 Å². The third-order valence-corrected chi connectivity index (χ3v) is 6.73. The van der Waals surface area contributed by atoms with Crippen molar-refractivity contribution in [3.63, 3.8) is 0 Å². The van der Waals surface area contributed by atoms with Gasteiger partial charge in [0.2, 0.25) is 0 Å². The van der Waals surface area contributed by atoms with Crippen molar-refractivity contribution in [1.82, 2.24) is 0 Å². The minimum atomic E-state index is -5.12. The first-order chi connectivity index (χ1) is 13.2. The van der Waals surface area contributed by atoms with Gasteiger partial charge in [0.05, 0.1) is 5.97 Å². The van der Waals surface area contributed by atoms with E-state index in [2.05, 4.69) is 6.92 Å². The molecule has 0 saturated heterocycles. The average molecular weight is 467 g/mol. The third kappa shape index (κ3) is 15.6. The second-order valence-electron chi connectivity index (χ2n) is 7.65. The largest absolute Gasteiger partial charge is 1.00 e. The van der Waals surface area contributed by atoms with Gasteiger partial charge in [-0.25, -0.2) is 0 Å². The Labute approximate surface area is 226 Å². The van der Waals surface area contributed by atoms with Crippen LogP contribution < -0.4 is 69.3 Å². The van der Waals surface area contributed by atoms with Crippen LogP contribution in [0.2, 0.25) is 0 Å². The van der Waals surface area contributed by atoms with Crippen LogP contribution in [-0.4, -0.2) is 29.7 Å². The molecule has 1 unspecified atom stereocenters. The summed E-state index contributed by atoms with van der Waals surface area (Å²) >= 11 is 0. The van der Waals surface area contributed by atoms with Crippen LogP contribution in [0, 0.1) is 0 Å². The second-order valence-corrected chi connectivity index (χ2v) is 9.38. The Balaban J connectivity index is -0.00000364. The first kappa shape index (κ1) is 35.4. The zero-order valence-corrected chi connectivity index (χ0v) is 23.9. The molecule has 0 spiro atoms.